The minimum atomic E-state index is -0.0591. The first-order valence-electron chi connectivity index (χ1n) is 9.57. The standard InChI is InChI=1S/C20H24N4O3S/c1-27-15-6-2-13(3-7-15)8-10-21-20(26)24-11-9-16-17(12-24)28-19(22-16)23-18(25)14-4-5-14/h2-3,6-7,14H,4-5,8-12H2,1H3,(H,21,26)(H,22,23,25). The van der Waals surface area contributed by atoms with Crippen LogP contribution in [0.15, 0.2) is 24.3 Å². The number of nitrogens with zero attached hydrogens (tertiary/aromatic N) is 2. The monoisotopic (exact) mass is 400 g/mol. The van der Waals surface area contributed by atoms with Gasteiger partial charge in [-0.25, -0.2) is 9.78 Å². The summed E-state index contributed by atoms with van der Waals surface area (Å²) in [4.78, 5) is 31.8. The van der Waals surface area contributed by atoms with Gasteiger partial charge in [-0.3, -0.25) is 4.79 Å². The van der Waals surface area contributed by atoms with Crippen LogP contribution in [0.1, 0.15) is 29.0 Å². The van der Waals surface area contributed by atoms with Crippen LogP contribution < -0.4 is 15.4 Å². The molecule has 2 aliphatic rings. The van der Waals surface area contributed by atoms with Gasteiger partial charge in [0.15, 0.2) is 5.13 Å². The zero-order valence-corrected chi connectivity index (χ0v) is 16.7. The number of anilines is 1. The topological polar surface area (TPSA) is 83.6 Å². The number of nitrogens with one attached hydrogen (secondary N) is 2. The van der Waals surface area contributed by atoms with E-state index in [1.54, 1.807) is 12.0 Å². The van der Waals surface area contributed by atoms with E-state index in [2.05, 4.69) is 15.6 Å². The van der Waals surface area contributed by atoms with Gasteiger partial charge < -0.3 is 20.3 Å². The minimum Gasteiger partial charge on any atom is -0.497 e. The van der Waals surface area contributed by atoms with Gasteiger partial charge in [0.25, 0.3) is 0 Å². The smallest absolute Gasteiger partial charge is 0.317 e. The molecule has 3 amide bonds. The normalized spacial score (nSPS) is 15.7. The zero-order chi connectivity index (χ0) is 19.5. The number of benzene rings is 1. The number of aromatic nitrogens is 1. The molecule has 0 radical (unpaired) electrons. The van der Waals surface area contributed by atoms with Crippen LogP contribution in [0.2, 0.25) is 0 Å². The lowest BCUT2D eigenvalue weighted by Crippen LogP contribution is -2.43. The number of urea groups is 1. The molecule has 0 unspecified atom stereocenters. The highest BCUT2D eigenvalue weighted by atomic mass is 32.1. The van der Waals surface area contributed by atoms with Gasteiger partial charge in [0.1, 0.15) is 5.75 Å². The lowest BCUT2D eigenvalue weighted by atomic mass is 10.1. The van der Waals surface area contributed by atoms with Gasteiger partial charge in [0.2, 0.25) is 5.91 Å². The number of methoxy groups -OCH3 is 1. The number of carbonyl (C=O) groups is 2. The van der Waals surface area contributed by atoms with Crippen molar-refractivity contribution in [1.82, 2.24) is 15.2 Å². The number of rotatable bonds is 6. The lowest BCUT2D eigenvalue weighted by molar-refractivity contribution is -0.117. The van der Waals surface area contributed by atoms with Crippen LogP contribution >= 0.6 is 11.3 Å². The molecule has 0 spiro atoms. The summed E-state index contributed by atoms with van der Waals surface area (Å²) in [5, 5.41) is 6.56. The van der Waals surface area contributed by atoms with Crippen molar-refractivity contribution >= 4 is 28.4 Å². The summed E-state index contributed by atoms with van der Waals surface area (Å²) in [5.41, 5.74) is 2.15. The van der Waals surface area contributed by atoms with Gasteiger partial charge in [-0.05, 0) is 37.0 Å². The largest absolute Gasteiger partial charge is 0.497 e. The first-order valence-corrected chi connectivity index (χ1v) is 10.4. The van der Waals surface area contributed by atoms with Crippen LogP contribution in [0.25, 0.3) is 0 Å². The van der Waals surface area contributed by atoms with E-state index in [9.17, 15) is 9.59 Å². The van der Waals surface area contributed by atoms with Gasteiger partial charge in [-0.1, -0.05) is 23.5 Å². The van der Waals surface area contributed by atoms with Crippen molar-refractivity contribution in [2.75, 3.05) is 25.5 Å². The Labute approximate surface area is 168 Å². The molecular formula is C20H24N4O3S. The number of amides is 3. The van der Waals surface area contributed by atoms with E-state index >= 15 is 0 Å². The Morgan fingerprint density at radius 2 is 2.07 bits per heavy atom. The van der Waals surface area contributed by atoms with Gasteiger partial charge in [0, 0.05) is 30.3 Å². The van der Waals surface area contributed by atoms with E-state index in [0.717, 1.165) is 47.6 Å². The summed E-state index contributed by atoms with van der Waals surface area (Å²) >= 11 is 1.48. The van der Waals surface area contributed by atoms with Gasteiger partial charge in [-0.2, -0.15) is 0 Å². The van der Waals surface area contributed by atoms with Gasteiger partial charge in [-0.15, -0.1) is 0 Å². The van der Waals surface area contributed by atoms with Crippen molar-refractivity contribution in [2.45, 2.75) is 32.2 Å². The third-order valence-corrected chi connectivity index (χ3v) is 6.04. The molecule has 2 N–H and O–H groups in total. The molecule has 2 heterocycles. The molecule has 4 rings (SSSR count). The highest BCUT2D eigenvalue weighted by Gasteiger charge is 2.31. The third-order valence-electron chi connectivity index (χ3n) is 5.05. The molecule has 28 heavy (non-hydrogen) atoms. The van der Waals surface area contributed by atoms with E-state index in [4.69, 9.17) is 4.74 Å². The van der Waals surface area contributed by atoms with Crippen LogP contribution in [0, 0.1) is 5.92 Å². The maximum Gasteiger partial charge on any atom is 0.317 e. The van der Waals surface area contributed by atoms with Crippen LogP contribution in [-0.4, -0.2) is 42.0 Å². The third kappa shape index (κ3) is 4.44. The second-order valence-electron chi connectivity index (χ2n) is 7.15. The Hall–Kier alpha value is -2.61. The number of hydrogen-bond donors (Lipinski definition) is 2. The Morgan fingerprint density at radius 1 is 1.29 bits per heavy atom. The highest BCUT2D eigenvalue weighted by Crippen LogP contribution is 2.32. The van der Waals surface area contributed by atoms with Crippen molar-refractivity contribution in [3.8, 4) is 5.75 Å². The lowest BCUT2D eigenvalue weighted by Gasteiger charge is -2.26. The second-order valence-corrected chi connectivity index (χ2v) is 8.24. The van der Waals surface area contributed by atoms with E-state index in [1.807, 2.05) is 24.3 Å². The average molecular weight is 401 g/mol. The molecule has 0 bridgehead atoms. The van der Waals surface area contributed by atoms with Gasteiger partial charge >= 0.3 is 6.03 Å². The van der Waals surface area contributed by atoms with E-state index in [1.165, 1.54) is 11.3 Å². The predicted molar refractivity (Wildman–Crippen MR) is 108 cm³/mol. The van der Waals surface area contributed by atoms with E-state index < -0.39 is 0 Å². The van der Waals surface area contributed by atoms with Crippen molar-refractivity contribution < 1.29 is 14.3 Å². The van der Waals surface area contributed by atoms with Crippen LogP contribution in [0.4, 0.5) is 9.93 Å². The summed E-state index contributed by atoms with van der Waals surface area (Å²) in [6, 6.07) is 7.80. The van der Waals surface area contributed by atoms with Crippen LogP contribution in [0.5, 0.6) is 5.75 Å². The first kappa shape index (κ1) is 18.7. The van der Waals surface area contributed by atoms with Gasteiger partial charge in [0.05, 0.1) is 19.3 Å². The maximum atomic E-state index is 12.5. The fourth-order valence-electron chi connectivity index (χ4n) is 3.19. The highest BCUT2D eigenvalue weighted by molar-refractivity contribution is 7.15. The Kier molecular flexibility index (Phi) is 5.47. The van der Waals surface area contributed by atoms with Crippen LogP contribution in [0.3, 0.4) is 0 Å². The number of carbonyl (C=O) groups excluding carboxylic acids is 2. The molecule has 1 aliphatic heterocycles. The zero-order valence-electron chi connectivity index (χ0n) is 15.9. The Balaban J connectivity index is 1.26. The summed E-state index contributed by atoms with van der Waals surface area (Å²) in [7, 11) is 1.65. The average Bonchev–Trinajstić information content (AvgIpc) is 3.48. The molecule has 1 fully saturated rings. The molecular weight excluding hydrogens is 376 g/mol. The van der Waals surface area contributed by atoms with Crippen molar-refractivity contribution in [3.63, 3.8) is 0 Å². The molecule has 1 aromatic heterocycles. The summed E-state index contributed by atoms with van der Waals surface area (Å²) in [6.07, 6.45) is 3.44. The van der Waals surface area contributed by atoms with Crippen LogP contribution in [-0.2, 0) is 24.2 Å². The summed E-state index contributed by atoms with van der Waals surface area (Å²) in [5.74, 6) is 1.06. The molecule has 7 nitrogen and oxygen atoms in total. The number of hydrogen-bond acceptors (Lipinski definition) is 5. The van der Waals surface area contributed by atoms with E-state index in [-0.39, 0.29) is 17.9 Å². The Morgan fingerprint density at radius 3 is 2.79 bits per heavy atom. The second kappa shape index (κ2) is 8.18. The summed E-state index contributed by atoms with van der Waals surface area (Å²) < 4.78 is 5.15. The van der Waals surface area contributed by atoms with Crippen molar-refractivity contribution in [2.24, 2.45) is 5.92 Å². The molecule has 0 saturated heterocycles. The summed E-state index contributed by atoms with van der Waals surface area (Å²) in [6.45, 7) is 1.77. The molecule has 148 valence electrons. The molecule has 0 atom stereocenters. The first-order chi connectivity index (χ1) is 13.6. The molecule has 1 aliphatic carbocycles. The predicted octanol–water partition coefficient (Wildman–Crippen LogP) is 2.81. The molecule has 8 heteroatoms. The number of fused-ring (bicyclic) bond motifs is 1. The fraction of sp³-hybridized carbons (Fsp3) is 0.450. The maximum absolute atomic E-state index is 12.5. The minimum absolute atomic E-state index is 0.0591. The fourth-order valence-corrected chi connectivity index (χ4v) is 4.22. The van der Waals surface area contributed by atoms with E-state index in [0.29, 0.717) is 24.8 Å². The Bertz CT molecular complexity index is 861. The van der Waals surface area contributed by atoms with Crippen molar-refractivity contribution in [1.29, 1.82) is 0 Å². The number of thiazole rings is 1. The molecule has 1 saturated carbocycles. The number of ether oxygens (including phenoxy) is 1. The molecule has 1 aromatic carbocycles. The SMILES string of the molecule is COc1ccc(CCNC(=O)N2CCc3nc(NC(=O)C4CC4)sc3C2)cc1. The van der Waals surface area contributed by atoms with Crippen molar-refractivity contribution in [3.05, 3.63) is 40.4 Å². The quantitative estimate of drug-likeness (QED) is 0.781. The molecule has 2 aromatic rings.